The second-order valence-electron chi connectivity index (χ2n) is 4.11. The first kappa shape index (κ1) is 14.6. The van der Waals surface area contributed by atoms with Gasteiger partial charge in [0.15, 0.2) is 0 Å². The molecule has 0 aromatic heterocycles. The summed E-state index contributed by atoms with van der Waals surface area (Å²) in [6, 6.07) is 4.96. The first-order valence-electron chi connectivity index (χ1n) is 5.18. The number of nitrogens with one attached hydrogen (secondary N) is 1. The smallest absolute Gasteiger partial charge is 0.207 e. The fourth-order valence-corrected chi connectivity index (χ4v) is 3.44. The maximum atomic E-state index is 13.0. The quantitative estimate of drug-likeness (QED) is 0.847. The molecule has 0 radical (unpaired) electrons. The van der Waals surface area contributed by atoms with Crippen molar-refractivity contribution >= 4 is 26.0 Å². The maximum Gasteiger partial charge on any atom is 0.241 e. The molecular formula is C11H15BrFNO2S. The van der Waals surface area contributed by atoms with E-state index >= 15 is 0 Å². The second-order valence-corrected chi connectivity index (χ2v) is 6.35. The van der Waals surface area contributed by atoms with E-state index in [9.17, 15) is 12.8 Å². The predicted molar refractivity (Wildman–Crippen MR) is 69.2 cm³/mol. The highest BCUT2D eigenvalue weighted by Crippen LogP contribution is 2.18. The molecule has 1 aromatic rings. The summed E-state index contributed by atoms with van der Waals surface area (Å²) in [5.41, 5.74) is -0.578. The van der Waals surface area contributed by atoms with Crippen LogP contribution in [0.3, 0.4) is 0 Å². The number of alkyl halides is 1. The maximum absolute atomic E-state index is 13.0. The van der Waals surface area contributed by atoms with E-state index in [4.69, 9.17) is 0 Å². The van der Waals surface area contributed by atoms with Crippen molar-refractivity contribution in [3.63, 3.8) is 0 Å². The molecule has 3 nitrogen and oxygen atoms in total. The van der Waals surface area contributed by atoms with E-state index in [1.165, 1.54) is 18.2 Å². The molecule has 0 bridgehead atoms. The molecule has 1 N–H and O–H groups in total. The molecule has 1 aromatic carbocycles. The third-order valence-electron chi connectivity index (χ3n) is 2.56. The Labute approximate surface area is 110 Å². The third-order valence-corrected chi connectivity index (χ3v) is 5.44. The van der Waals surface area contributed by atoms with E-state index in [2.05, 4.69) is 20.7 Å². The Kier molecular flexibility index (Phi) is 4.69. The van der Waals surface area contributed by atoms with Crippen LogP contribution in [-0.2, 0) is 10.0 Å². The van der Waals surface area contributed by atoms with Crippen molar-refractivity contribution in [1.82, 2.24) is 4.72 Å². The predicted octanol–water partition coefficient (Wildman–Crippen LogP) is 2.67. The Hall–Kier alpha value is -0.460. The standard InChI is InChI=1S/C11H15BrFNO2S/c1-3-11(2,8-12)14-17(15,16)10-6-4-5-9(13)7-10/h4-7,14H,3,8H2,1-2H3. The average Bonchev–Trinajstić information content (AvgIpc) is 2.28. The van der Waals surface area contributed by atoms with Crippen molar-refractivity contribution in [3.8, 4) is 0 Å². The molecule has 0 aliphatic rings. The molecule has 0 amide bonds. The van der Waals surface area contributed by atoms with E-state index in [0.29, 0.717) is 11.8 Å². The molecule has 0 aliphatic heterocycles. The van der Waals surface area contributed by atoms with Gasteiger partial charge in [-0.05, 0) is 31.5 Å². The molecule has 0 saturated carbocycles. The lowest BCUT2D eigenvalue weighted by Gasteiger charge is -2.26. The van der Waals surface area contributed by atoms with Crippen LogP contribution in [-0.4, -0.2) is 19.3 Å². The van der Waals surface area contributed by atoms with Gasteiger partial charge in [-0.1, -0.05) is 28.9 Å². The minimum atomic E-state index is -3.68. The lowest BCUT2D eigenvalue weighted by atomic mass is 10.0. The Morgan fingerprint density at radius 3 is 2.59 bits per heavy atom. The molecule has 6 heteroatoms. The molecule has 1 rings (SSSR count). The van der Waals surface area contributed by atoms with Crippen molar-refractivity contribution in [2.75, 3.05) is 5.33 Å². The van der Waals surface area contributed by atoms with Gasteiger partial charge in [0.2, 0.25) is 10.0 Å². The van der Waals surface area contributed by atoms with Gasteiger partial charge in [-0.2, -0.15) is 0 Å². The van der Waals surface area contributed by atoms with Gasteiger partial charge in [0.25, 0.3) is 0 Å². The second kappa shape index (κ2) is 5.46. The van der Waals surface area contributed by atoms with Crippen LogP contribution in [0.4, 0.5) is 4.39 Å². The van der Waals surface area contributed by atoms with Gasteiger partial charge in [0.1, 0.15) is 5.82 Å². The van der Waals surface area contributed by atoms with Gasteiger partial charge in [-0.25, -0.2) is 17.5 Å². The Morgan fingerprint density at radius 2 is 2.12 bits per heavy atom. The normalized spacial score (nSPS) is 15.5. The fourth-order valence-electron chi connectivity index (χ4n) is 1.21. The van der Waals surface area contributed by atoms with Crippen molar-refractivity contribution in [2.24, 2.45) is 0 Å². The molecule has 0 fully saturated rings. The van der Waals surface area contributed by atoms with Crippen molar-refractivity contribution in [3.05, 3.63) is 30.1 Å². The number of hydrogen-bond donors (Lipinski definition) is 1. The monoisotopic (exact) mass is 323 g/mol. The van der Waals surface area contributed by atoms with Crippen LogP contribution in [0.2, 0.25) is 0 Å². The lowest BCUT2D eigenvalue weighted by Crippen LogP contribution is -2.46. The lowest BCUT2D eigenvalue weighted by molar-refractivity contribution is 0.449. The Morgan fingerprint density at radius 1 is 1.47 bits per heavy atom. The summed E-state index contributed by atoms with van der Waals surface area (Å²) < 4.78 is 39.6. The molecule has 17 heavy (non-hydrogen) atoms. The summed E-state index contributed by atoms with van der Waals surface area (Å²) in [6.45, 7) is 3.67. The van der Waals surface area contributed by atoms with Gasteiger partial charge in [-0.15, -0.1) is 0 Å². The topological polar surface area (TPSA) is 46.2 Å². The number of halogens is 2. The highest BCUT2D eigenvalue weighted by molar-refractivity contribution is 9.09. The van der Waals surface area contributed by atoms with Gasteiger partial charge < -0.3 is 0 Å². The summed E-state index contributed by atoms with van der Waals surface area (Å²) >= 11 is 3.27. The molecule has 0 aliphatic carbocycles. The van der Waals surface area contributed by atoms with Crippen LogP contribution in [0, 0.1) is 5.82 Å². The zero-order chi connectivity index (χ0) is 13.1. The molecular weight excluding hydrogens is 309 g/mol. The van der Waals surface area contributed by atoms with E-state index < -0.39 is 21.4 Å². The Balaban J connectivity index is 3.05. The van der Waals surface area contributed by atoms with Gasteiger partial charge in [0, 0.05) is 10.9 Å². The first-order valence-corrected chi connectivity index (χ1v) is 7.79. The van der Waals surface area contributed by atoms with E-state index in [1.807, 2.05) is 6.92 Å². The van der Waals surface area contributed by atoms with Crippen LogP contribution >= 0.6 is 15.9 Å². The molecule has 0 spiro atoms. The van der Waals surface area contributed by atoms with Crippen LogP contribution in [0.15, 0.2) is 29.2 Å². The minimum absolute atomic E-state index is 0.0573. The summed E-state index contributed by atoms with van der Waals surface area (Å²) in [5.74, 6) is -0.565. The van der Waals surface area contributed by atoms with Gasteiger partial charge in [0.05, 0.1) is 4.90 Å². The molecule has 0 heterocycles. The van der Waals surface area contributed by atoms with Crippen LogP contribution < -0.4 is 4.72 Å². The largest absolute Gasteiger partial charge is 0.241 e. The number of benzene rings is 1. The third kappa shape index (κ3) is 3.76. The average molecular weight is 324 g/mol. The van der Waals surface area contributed by atoms with Gasteiger partial charge in [-0.3, -0.25) is 0 Å². The van der Waals surface area contributed by atoms with Crippen LogP contribution in [0.1, 0.15) is 20.3 Å². The molecule has 1 unspecified atom stereocenters. The zero-order valence-electron chi connectivity index (χ0n) is 9.70. The number of hydrogen-bond acceptors (Lipinski definition) is 2. The first-order chi connectivity index (χ1) is 7.83. The van der Waals surface area contributed by atoms with Crippen molar-refractivity contribution in [2.45, 2.75) is 30.7 Å². The highest BCUT2D eigenvalue weighted by Gasteiger charge is 2.28. The van der Waals surface area contributed by atoms with E-state index in [1.54, 1.807) is 6.92 Å². The highest BCUT2D eigenvalue weighted by atomic mass is 79.9. The van der Waals surface area contributed by atoms with Gasteiger partial charge >= 0.3 is 0 Å². The number of sulfonamides is 1. The molecule has 1 atom stereocenters. The SMILES string of the molecule is CCC(C)(CBr)NS(=O)(=O)c1cccc(F)c1. The summed E-state index contributed by atoms with van der Waals surface area (Å²) in [5, 5.41) is 0.491. The van der Waals surface area contributed by atoms with Crippen molar-refractivity contribution in [1.29, 1.82) is 0 Å². The van der Waals surface area contributed by atoms with E-state index in [-0.39, 0.29) is 4.90 Å². The molecule has 96 valence electrons. The number of rotatable bonds is 5. The minimum Gasteiger partial charge on any atom is -0.207 e. The van der Waals surface area contributed by atoms with Crippen LogP contribution in [0.5, 0.6) is 0 Å². The summed E-state index contributed by atoms with van der Waals surface area (Å²) in [6.07, 6.45) is 0.632. The fraction of sp³-hybridized carbons (Fsp3) is 0.455. The van der Waals surface area contributed by atoms with Crippen LogP contribution in [0.25, 0.3) is 0 Å². The van der Waals surface area contributed by atoms with E-state index in [0.717, 1.165) is 6.07 Å². The summed E-state index contributed by atoms with van der Waals surface area (Å²) in [7, 11) is -3.68. The molecule has 0 saturated heterocycles. The summed E-state index contributed by atoms with van der Waals surface area (Å²) in [4.78, 5) is -0.0573. The van der Waals surface area contributed by atoms with Crippen molar-refractivity contribution < 1.29 is 12.8 Å². The zero-order valence-corrected chi connectivity index (χ0v) is 12.1. The Bertz CT molecular complexity index is 486.